The summed E-state index contributed by atoms with van der Waals surface area (Å²) in [5.74, 6) is 0.154. The summed E-state index contributed by atoms with van der Waals surface area (Å²) >= 11 is 0. The molecule has 5 aromatic carbocycles. The minimum absolute atomic E-state index is 0.0670. The number of piperidine rings is 1. The molecule has 2 N–H and O–H groups in total. The number of amides is 2. The molecule has 0 radical (unpaired) electrons. The molecule has 0 aromatic heterocycles. The average molecular weight is 665 g/mol. The number of carbonyl (C=O) groups excluding carboxylic acids is 2. The summed E-state index contributed by atoms with van der Waals surface area (Å²) in [6.45, 7) is 3.93. The third-order valence-electron chi connectivity index (χ3n) is 10.5. The zero-order valence-electron chi connectivity index (χ0n) is 28.8. The van der Waals surface area contributed by atoms with Crippen molar-refractivity contribution in [2.75, 3.05) is 37.6 Å². The second kappa shape index (κ2) is 16.2. The van der Waals surface area contributed by atoms with Crippen molar-refractivity contribution in [3.63, 3.8) is 0 Å². The van der Waals surface area contributed by atoms with Gasteiger partial charge in [0.15, 0.2) is 0 Å². The van der Waals surface area contributed by atoms with E-state index in [9.17, 15) is 9.59 Å². The van der Waals surface area contributed by atoms with Gasteiger partial charge in [0.25, 0.3) is 5.91 Å². The van der Waals surface area contributed by atoms with Gasteiger partial charge in [-0.05, 0) is 84.2 Å². The minimum atomic E-state index is -0.364. The molecule has 256 valence electrons. The lowest BCUT2D eigenvalue weighted by molar-refractivity contribution is -0.132. The van der Waals surface area contributed by atoms with Crippen molar-refractivity contribution in [2.24, 2.45) is 0 Å². The van der Waals surface area contributed by atoms with E-state index in [2.05, 4.69) is 99.3 Å². The lowest BCUT2D eigenvalue weighted by Crippen LogP contribution is -2.48. The Balaban J connectivity index is 1.11. The third-order valence-corrected chi connectivity index (χ3v) is 10.5. The molecule has 6 nitrogen and oxygen atoms in total. The molecule has 5 aromatic rings. The van der Waals surface area contributed by atoms with Crippen LogP contribution < -0.4 is 15.5 Å². The first-order valence-corrected chi connectivity index (χ1v) is 18.4. The van der Waals surface area contributed by atoms with E-state index < -0.39 is 0 Å². The number of hydrogen-bond acceptors (Lipinski definition) is 4. The summed E-state index contributed by atoms with van der Waals surface area (Å²) in [5, 5.41) is 9.14. The van der Waals surface area contributed by atoms with Crippen molar-refractivity contribution in [1.29, 1.82) is 0 Å². The van der Waals surface area contributed by atoms with Gasteiger partial charge in [-0.1, -0.05) is 109 Å². The van der Waals surface area contributed by atoms with E-state index in [1.54, 1.807) is 0 Å². The van der Waals surface area contributed by atoms with Gasteiger partial charge in [-0.25, -0.2) is 0 Å². The van der Waals surface area contributed by atoms with Gasteiger partial charge in [0.1, 0.15) is 0 Å². The Bertz CT molecular complexity index is 1830. The number of rotatable bonds is 11. The fraction of sp³-hybridized carbons (Fsp3) is 0.318. The molecular weight excluding hydrogens is 617 g/mol. The Kier molecular flexibility index (Phi) is 10.9. The van der Waals surface area contributed by atoms with E-state index in [-0.39, 0.29) is 29.8 Å². The maximum atomic E-state index is 14.6. The van der Waals surface area contributed by atoms with Crippen LogP contribution in [0.1, 0.15) is 65.1 Å². The molecule has 2 aliphatic heterocycles. The number of nitrogens with zero attached hydrogens (tertiary/aromatic N) is 2. The molecule has 0 bridgehead atoms. The zero-order chi connectivity index (χ0) is 34.1. The predicted octanol–water partition coefficient (Wildman–Crippen LogP) is 7.58. The highest BCUT2D eigenvalue weighted by molar-refractivity contribution is 5.98. The molecule has 0 saturated carbocycles. The van der Waals surface area contributed by atoms with E-state index in [4.69, 9.17) is 0 Å². The predicted molar refractivity (Wildman–Crippen MR) is 204 cm³/mol. The molecule has 2 aliphatic rings. The Hall–Kier alpha value is -4.94. The summed E-state index contributed by atoms with van der Waals surface area (Å²) in [4.78, 5) is 32.4. The lowest BCUT2D eigenvalue weighted by atomic mass is 9.90. The summed E-state index contributed by atoms with van der Waals surface area (Å²) in [6, 6.07) is 43.4. The number of fused-ring (bicyclic) bond motifs is 1. The van der Waals surface area contributed by atoms with Gasteiger partial charge in [0, 0.05) is 55.9 Å². The maximum absolute atomic E-state index is 14.6. The van der Waals surface area contributed by atoms with E-state index in [1.165, 1.54) is 41.6 Å². The smallest absolute Gasteiger partial charge is 0.251 e. The molecule has 2 fully saturated rings. The number of nitrogens with one attached hydrogen (secondary N) is 2. The van der Waals surface area contributed by atoms with Crippen LogP contribution in [0.15, 0.2) is 127 Å². The second-order valence-electron chi connectivity index (χ2n) is 13.9. The Morgan fingerprint density at radius 1 is 0.740 bits per heavy atom. The molecular formula is C44H48N4O2. The van der Waals surface area contributed by atoms with Crippen LogP contribution in [0, 0.1) is 0 Å². The van der Waals surface area contributed by atoms with Gasteiger partial charge in [-0.15, -0.1) is 0 Å². The maximum Gasteiger partial charge on any atom is 0.251 e. The third kappa shape index (κ3) is 8.09. The lowest BCUT2D eigenvalue weighted by Gasteiger charge is -2.32. The van der Waals surface area contributed by atoms with Crippen LogP contribution in [0.2, 0.25) is 0 Å². The highest BCUT2D eigenvalue weighted by atomic mass is 16.2. The molecule has 0 spiro atoms. The number of anilines is 1. The van der Waals surface area contributed by atoms with Crippen molar-refractivity contribution in [3.05, 3.63) is 150 Å². The Morgan fingerprint density at radius 3 is 2.14 bits per heavy atom. The van der Waals surface area contributed by atoms with Gasteiger partial charge < -0.3 is 20.4 Å². The van der Waals surface area contributed by atoms with Crippen LogP contribution in [0.25, 0.3) is 10.8 Å². The van der Waals surface area contributed by atoms with Gasteiger partial charge >= 0.3 is 0 Å². The molecule has 6 heteroatoms. The molecule has 2 heterocycles. The SMILES string of the molecule is O=C(NCC[C@H]1CCN(CC(c2ccccc2)c2ccccc2)C(=O)[C@@H](Cc2ccccc2N2CCCCC2)N1)c1ccc2ccccc2c1. The largest absolute Gasteiger partial charge is 0.371 e. The van der Waals surface area contributed by atoms with Crippen molar-refractivity contribution < 1.29 is 9.59 Å². The molecule has 2 amide bonds. The molecule has 0 unspecified atom stereocenters. The quantitative estimate of drug-likeness (QED) is 0.153. The summed E-state index contributed by atoms with van der Waals surface area (Å²) in [7, 11) is 0. The van der Waals surface area contributed by atoms with Crippen molar-refractivity contribution in [3.8, 4) is 0 Å². The van der Waals surface area contributed by atoms with Crippen LogP contribution in [0.3, 0.4) is 0 Å². The van der Waals surface area contributed by atoms with Crippen molar-refractivity contribution in [2.45, 2.75) is 56.5 Å². The van der Waals surface area contributed by atoms with Gasteiger partial charge in [0.2, 0.25) is 5.91 Å². The first kappa shape index (κ1) is 33.6. The van der Waals surface area contributed by atoms with Crippen LogP contribution in [-0.2, 0) is 11.2 Å². The minimum Gasteiger partial charge on any atom is -0.371 e. The molecule has 0 aliphatic carbocycles. The monoisotopic (exact) mass is 664 g/mol. The van der Waals surface area contributed by atoms with Gasteiger partial charge in [0.05, 0.1) is 6.04 Å². The molecule has 2 atom stereocenters. The zero-order valence-corrected chi connectivity index (χ0v) is 28.8. The standard InChI is InChI=1S/C44H48N4O2/c49-43(38-23-22-33-14-8-9-19-36(33)30-38)45-26-24-39-25-29-48(32-40(34-15-4-1-5-16-34)35-17-6-2-7-18-35)44(50)41(46-39)31-37-20-10-11-21-42(37)47-27-12-3-13-28-47/h1-2,4-11,14-23,30,39-41,46H,3,12-13,24-29,31-32H2,(H,45,49)/t39-,41+/m0/s1. The van der Waals surface area contributed by atoms with E-state index in [1.807, 2.05) is 48.5 Å². The molecule has 50 heavy (non-hydrogen) atoms. The number of hydrogen-bond donors (Lipinski definition) is 2. The van der Waals surface area contributed by atoms with Crippen LogP contribution in [0.4, 0.5) is 5.69 Å². The summed E-state index contributed by atoms with van der Waals surface area (Å²) in [5.41, 5.74) is 5.56. The average Bonchev–Trinajstić information content (AvgIpc) is 3.32. The van der Waals surface area contributed by atoms with Crippen molar-refractivity contribution >= 4 is 28.3 Å². The van der Waals surface area contributed by atoms with Crippen LogP contribution in [0.5, 0.6) is 0 Å². The Morgan fingerprint density at radius 2 is 1.40 bits per heavy atom. The second-order valence-corrected chi connectivity index (χ2v) is 13.9. The summed E-state index contributed by atoms with van der Waals surface area (Å²) in [6.07, 6.45) is 5.87. The number of carbonyl (C=O) groups is 2. The van der Waals surface area contributed by atoms with Crippen LogP contribution in [-0.4, -0.2) is 61.5 Å². The van der Waals surface area contributed by atoms with Crippen LogP contribution >= 0.6 is 0 Å². The number of benzene rings is 5. The summed E-state index contributed by atoms with van der Waals surface area (Å²) < 4.78 is 0. The molecule has 2 saturated heterocycles. The topological polar surface area (TPSA) is 64.7 Å². The van der Waals surface area contributed by atoms with Gasteiger partial charge in [-0.3, -0.25) is 9.59 Å². The van der Waals surface area contributed by atoms with Crippen molar-refractivity contribution in [1.82, 2.24) is 15.5 Å². The normalized spacial score (nSPS) is 18.3. The first-order chi connectivity index (χ1) is 24.6. The number of para-hydroxylation sites is 1. The van der Waals surface area contributed by atoms with E-state index in [0.29, 0.717) is 31.6 Å². The highest BCUT2D eigenvalue weighted by Crippen LogP contribution is 2.29. The fourth-order valence-corrected chi connectivity index (χ4v) is 7.77. The fourth-order valence-electron chi connectivity index (χ4n) is 7.77. The Labute approximate surface area is 296 Å². The van der Waals surface area contributed by atoms with Gasteiger partial charge in [-0.2, -0.15) is 0 Å². The highest BCUT2D eigenvalue weighted by Gasteiger charge is 2.33. The molecule has 7 rings (SSSR count). The van der Waals surface area contributed by atoms with E-state index >= 15 is 0 Å². The first-order valence-electron chi connectivity index (χ1n) is 18.4. The van der Waals surface area contributed by atoms with E-state index in [0.717, 1.165) is 36.7 Å².